The first kappa shape index (κ1) is 27.5. The Morgan fingerprint density at radius 3 is 2.64 bits per heavy atom. The Bertz CT molecular complexity index is 995. The van der Waals surface area contributed by atoms with Crippen LogP contribution in [0.25, 0.3) is 0 Å². The van der Waals surface area contributed by atoms with Crippen LogP contribution in [0.5, 0.6) is 0 Å². The molecule has 4 atom stereocenters. The van der Waals surface area contributed by atoms with Crippen LogP contribution in [0.15, 0.2) is 47.4 Å². The molecule has 1 aliphatic heterocycles. The predicted octanol–water partition coefficient (Wildman–Crippen LogP) is 5.12. The molecule has 0 amide bonds. The molecule has 1 aliphatic carbocycles. The van der Waals surface area contributed by atoms with Gasteiger partial charge in [0.25, 0.3) is 0 Å². The quantitative estimate of drug-likeness (QED) is 0.261. The molecule has 4 rings (SSSR count). The van der Waals surface area contributed by atoms with Crippen LogP contribution in [0.3, 0.4) is 0 Å². The van der Waals surface area contributed by atoms with E-state index in [1.807, 2.05) is 36.0 Å². The van der Waals surface area contributed by atoms with Crippen molar-refractivity contribution in [3.8, 4) is 0 Å². The minimum absolute atomic E-state index is 0.00257. The van der Waals surface area contributed by atoms with Crippen LogP contribution in [0.1, 0.15) is 39.9 Å². The number of hydrogen-bond acceptors (Lipinski definition) is 6. The maximum Gasteiger partial charge on any atom is 0.338 e. The van der Waals surface area contributed by atoms with E-state index in [4.69, 9.17) is 21.1 Å². The Morgan fingerprint density at radius 2 is 1.89 bits per heavy atom. The molecular weight excluding hydrogens is 494 g/mol. The van der Waals surface area contributed by atoms with Crippen molar-refractivity contribution in [1.82, 2.24) is 4.90 Å². The van der Waals surface area contributed by atoms with Crippen LogP contribution in [0, 0.1) is 25.7 Å². The van der Waals surface area contributed by atoms with Crippen LogP contribution < -0.4 is 0 Å². The van der Waals surface area contributed by atoms with Gasteiger partial charge in [0, 0.05) is 35.7 Å². The number of aliphatic hydroxyl groups is 1. The highest BCUT2D eigenvalue weighted by atomic mass is 35.5. The Hall–Kier alpha value is -1.57. The summed E-state index contributed by atoms with van der Waals surface area (Å²) in [6.45, 7) is 8.69. The highest BCUT2D eigenvalue weighted by Gasteiger charge is 2.41. The summed E-state index contributed by atoms with van der Waals surface area (Å²) in [7, 11) is 0. The Balaban J connectivity index is 1.26. The van der Waals surface area contributed by atoms with Gasteiger partial charge in [0.2, 0.25) is 0 Å². The summed E-state index contributed by atoms with van der Waals surface area (Å²) >= 11 is 8.55. The zero-order valence-corrected chi connectivity index (χ0v) is 22.9. The molecular formula is C29H38ClNO4S. The summed E-state index contributed by atoms with van der Waals surface area (Å²) in [5.41, 5.74) is 4.36. The van der Waals surface area contributed by atoms with E-state index in [0.29, 0.717) is 18.6 Å². The van der Waals surface area contributed by atoms with Gasteiger partial charge in [0.1, 0.15) is 6.61 Å². The molecule has 0 aromatic heterocycles. The molecule has 7 heteroatoms. The molecule has 196 valence electrons. The van der Waals surface area contributed by atoms with Crippen LogP contribution in [-0.2, 0) is 15.9 Å². The maximum absolute atomic E-state index is 12.4. The molecule has 1 N–H and O–H groups in total. The van der Waals surface area contributed by atoms with Crippen molar-refractivity contribution in [2.24, 2.45) is 11.8 Å². The second-order valence-corrected chi connectivity index (χ2v) is 11.6. The number of benzene rings is 2. The van der Waals surface area contributed by atoms with E-state index >= 15 is 0 Å². The summed E-state index contributed by atoms with van der Waals surface area (Å²) in [5.74, 6) is 1.08. The lowest BCUT2D eigenvalue weighted by Crippen LogP contribution is -2.38. The number of morpholine rings is 1. The summed E-state index contributed by atoms with van der Waals surface area (Å²) in [5, 5.41) is 10.7. The van der Waals surface area contributed by atoms with Crippen molar-refractivity contribution in [3.63, 3.8) is 0 Å². The Kier molecular flexibility index (Phi) is 10.1. The molecule has 2 aromatic rings. The third kappa shape index (κ3) is 7.26. The molecule has 2 unspecified atom stereocenters. The minimum Gasteiger partial charge on any atom is -0.461 e. The fourth-order valence-electron chi connectivity index (χ4n) is 5.15. The number of esters is 1. The van der Waals surface area contributed by atoms with Gasteiger partial charge >= 0.3 is 5.97 Å². The molecule has 0 spiro atoms. The third-order valence-electron chi connectivity index (χ3n) is 7.66. The van der Waals surface area contributed by atoms with Crippen LogP contribution >= 0.6 is 23.4 Å². The lowest BCUT2D eigenvalue weighted by Gasteiger charge is -2.26. The zero-order chi connectivity index (χ0) is 25.5. The molecule has 2 aromatic carbocycles. The van der Waals surface area contributed by atoms with Gasteiger partial charge in [-0.1, -0.05) is 24.3 Å². The Morgan fingerprint density at radius 1 is 1.14 bits per heavy atom. The number of carbonyl (C=O) groups is 1. The third-order valence-corrected chi connectivity index (χ3v) is 9.47. The number of thioether (sulfide) groups is 1. The van der Waals surface area contributed by atoms with Gasteiger partial charge < -0.3 is 14.6 Å². The molecule has 2 aliphatic rings. The van der Waals surface area contributed by atoms with Gasteiger partial charge in [-0.05, 0) is 79.8 Å². The van der Waals surface area contributed by atoms with Crippen molar-refractivity contribution in [1.29, 1.82) is 0 Å². The summed E-state index contributed by atoms with van der Waals surface area (Å²) in [6.07, 6.45) is 2.02. The van der Waals surface area contributed by atoms with Crippen molar-refractivity contribution in [3.05, 3.63) is 64.7 Å². The summed E-state index contributed by atoms with van der Waals surface area (Å²) in [4.78, 5) is 15.9. The van der Waals surface area contributed by atoms with E-state index < -0.39 is 0 Å². The summed E-state index contributed by atoms with van der Waals surface area (Å²) in [6, 6.07) is 14.1. The SMILES string of the molecule is Cc1cccc(SC[C@H]2C(Cl)CC(O)[C@@H]2CCc2ccc(C(=O)OCCN3CCOCC3)cc2)c1C. The average molecular weight is 532 g/mol. The van der Waals surface area contributed by atoms with Gasteiger partial charge in [-0.3, -0.25) is 4.90 Å². The molecule has 1 heterocycles. The van der Waals surface area contributed by atoms with Gasteiger partial charge in [-0.15, -0.1) is 23.4 Å². The number of carbonyl (C=O) groups excluding carboxylic acids is 1. The van der Waals surface area contributed by atoms with Gasteiger partial charge in [-0.25, -0.2) is 4.79 Å². The number of hydrogen-bond donors (Lipinski definition) is 1. The fourth-order valence-corrected chi connectivity index (χ4v) is 7.12. The minimum atomic E-state index is -0.363. The lowest BCUT2D eigenvalue weighted by molar-refractivity contribution is 0.0195. The average Bonchev–Trinajstić information content (AvgIpc) is 3.16. The van der Waals surface area contributed by atoms with Crippen molar-refractivity contribution in [2.75, 3.05) is 45.2 Å². The van der Waals surface area contributed by atoms with E-state index in [1.54, 1.807) is 0 Å². The largest absolute Gasteiger partial charge is 0.461 e. The van der Waals surface area contributed by atoms with Gasteiger partial charge in [0.15, 0.2) is 0 Å². The number of rotatable bonds is 10. The second kappa shape index (κ2) is 13.3. The monoisotopic (exact) mass is 531 g/mol. The van der Waals surface area contributed by atoms with Crippen molar-refractivity contribution < 1.29 is 19.4 Å². The van der Waals surface area contributed by atoms with Crippen molar-refractivity contribution in [2.45, 2.75) is 49.5 Å². The number of halogens is 1. The molecule has 2 fully saturated rings. The lowest BCUT2D eigenvalue weighted by atomic mass is 9.89. The second-order valence-electron chi connectivity index (χ2n) is 9.98. The Labute approximate surface area is 224 Å². The first-order valence-corrected chi connectivity index (χ1v) is 14.4. The van der Waals surface area contributed by atoms with Gasteiger partial charge in [-0.2, -0.15) is 0 Å². The zero-order valence-electron chi connectivity index (χ0n) is 21.3. The molecule has 5 nitrogen and oxygen atoms in total. The van der Waals surface area contributed by atoms with E-state index in [-0.39, 0.29) is 29.3 Å². The number of ether oxygens (including phenoxy) is 2. The predicted molar refractivity (Wildman–Crippen MR) is 146 cm³/mol. The van der Waals surface area contributed by atoms with E-state index in [0.717, 1.165) is 57.0 Å². The molecule has 0 radical (unpaired) electrons. The fraction of sp³-hybridized carbons (Fsp3) is 0.552. The highest BCUT2D eigenvalue weighted by molar-refractivity contribution is 7.99. The van der Waals surface area contributed by atoms with E-state index in [2.05, 4.69) is 36.9 Å². The number of aryl methyl sites for hydroxylation is 2. The first-order chi connectivity index (χ1) is 17.4. The number of alkyl halides is 1. The van der Waals surface area contributed by atoms with E-state index in [1.165, 1.54) is 16.0 Å². The smallest absolute Gasteiger partial charge is 0.338 e. The first-order valence-electron chi connectivity index (χ1n) is 13.0. The van der Waals surface area contributed by atoms with E-state index in [9.17, 15) is 9.90 Å². The standard InChI is InChI=1S/C29H38ClNO4S/c1-20-4-3-5-28(21(20)2)36-19-25-24(27(32)18-26(25)30)11-8-22-6-9-23(10-7-22)29(33)35-17-14-31-12-15-34-16-13-31/h3-7,9-10,24-27,32H,8,11-19H2,1-2H3/t24-,25-,26?,27?/m1/s1. The van der Waals surface area contributed by atoms with Crippen LogP contribution in [-0.4, -0.2) is 72.7 Å². The molecule has 0 bridgehead atoms. The molecule has 1 saturated carbocycles. The maximum atomic E-state index is 12.4. The van der Waals surface area contributed by atoms with Gasteiger partial charge in [0.05, 0.1) is 24.9 Å². The van der Waals surface area contributed by atoms with Crippen molar-refractivity contribution >= 4 is 29.3 Å². The molecule has 36 heavy (non-hydrogen) atoms. The molecule has 1 saturated heterocycles. The topological polar surface area (TPSA) is 59.0 Å². The van der Waals surface area contributed by atoms with Crippen LogP contribution in [0.4, 0.5) is 0 Å². The highest BCUT2D eigenvalue weighted by Crippen LogP contribution is 2.42. The number of aliphatic hydroxyl groups excluding tert-OH is 1. The number of nitrogens with zero attached hydrogens (tertiary/aromatic N) is 1. The summed E-state index contributed by atoms with van der Waals surface area (Å²) < 4.78 is 10.8. The van der Waals surface area contributed by atoms with Crippen LogP contribution in [0.2, 0.25) is 0 Å². The normalized spacial score (nSPS) is 24.7.